The Hall–Kier alpha value is -3.37. The molecule has 0 aromatic heterocycles. The Balaban J connectivity index is 1.90. The molecule has 0 saturated heterocycles. The lowest BCUT2D eigenvalue weighted by Gasteiger charge is -2.22. The number of nitrogens with zero attached hydrogens (tertiary/aromatic N) is 2. The van der Waals surface area contributed by atoms with Gasteiger partial charge in [-0.25, -0.2) is 4.90 Å². The van der Waals surface area contributed by atoms with Crippen LogP contribution in [0.15, 0.2) is 84.6 Å². The Kier molecular flexibility index (Phi) is 4.95. The zero-order valence-electron chi connectivity index (χ0n) is 16.1. The molecule has 0 atom stereocenters. The highest BCUT2D eigenvalue weighted by molar-refractivity contribution is 6.48. The van der Waals surface area contributed by atoms with Crippen molar-refractivity contribution >= 4 is 40.4 Å². The van der Waals surface area contributed by atoms with Crippen LogP contribution in [-0.2, 0) is 9.59 Å². The normalized spacial score (nSPS) is 14.0. The predicted octanol–water partition coefficient (Wildman–Crippen LogP) is 5.07. The van der Waals surface area contributed by atoms with Crippen LogP contribution in [0.2, 0.25) is 5.02 Å². The van der Waals surface area contributed by atoms with Crippen molar-refractivity contribution in [1.82, 2.24) is 0 Å². The number of amides is 2. The molecule has 1 aliphatic rings. The van der Waals surface area contributed by atoms with E-state index in [4.69, 9.17) is 11.6 Å². The lowest BCUT2D eigenvalue weighted by Crippen LogP contribution is -2.34. The molecule has 29 heavy (non-hydrogen) atoms. The maximum Gasteiger partial charge on any atom is 0.282 e. The summed E-state index contributed by atoms with van der Waals surface area (Å²) in [5.74, 6) is -0.783. The largest absolute Gasteiger partial charge is 0.339 e. The van der Waals surface area contributed by atoms with E-state index in [0.29, 0.717) is 27.5 Å². The van der Waals surface area contributed by atoms with E-state index in [1.54, 1.807) is 36.2 Å². The van der Waals surface area contributed by atoms with Crippen molar-refractivity contribution in [2.24, 2.45) is 0 Å². The summed E-state index contributed by atoms with van der Waals surface area (Å²) in [6.45, 7) is 1.98. The molecule has 0 aliphatic carbocycles. The molecular weight excluding hydrogens is 384 g/mol. The number of aryl methyl sites for hydroxylation is 1. The zero-order valence-corrected chi connectivity index (χ0v) is 16.9. The third-order valence-corrected chi connectivity index (χ3v) is 5.29. The Morgan fingerprint density at radius 1 is 0.793 bits per heavy atom. The Labute approximate surface area is 174 Å². The summed E-state index contributed by atoms with van der Waals surface area (Å²) in [5, 5.41) is 0.348. The smallest absolute Gasteiger partial charge is 0.282 e. The van der Waals surface area contributed by atoms with Gasteiger partial charge in [-0.1, -0.05) is 71.8 Å². The Morgan fingerprint density at radius 2 is 1.41 bits per heavy atom. The zero-order chi connectivity index (χ0) is 20.5. The summed E-state index contributed by atoms with van der Waals surface area (Å²) in [6, 6.07) is 23.9. The molecule has 144 valence electrons. The fourth-order valence-corrected chi connectivity index (χ4v) is 3.66. The molecule has 0 spiro atoms. The molecule has 4 nitrogen and oxygen atoms in total. The van der Waals surface area contributed by atoms with Crippen LogP contribution in [0.5, 0.6) is 0 Å². The number of halogens is 1. The summed E-state index contributed by atoms with van der Waals surface area (Å²) >= 11 is 6.32. The van der Waals surface area contributed by atoms with E-state index >= 15 is 0 Å². The van der Waals surface area contributed by atoms with E-state index in [0.717, 1.165) is 16.2 Å². The molecule has 0 fully saturated rings. The molecule has 0 N–H and O–H groups in total. The second-order valence-electron chi connectivity index (χ2n) is 6.88. The monoisotopic (exact) mass is 402 g/mol. The highest BCUT2D eigenvalue weighted by Crippen LogP contribution is 2.38. The molecule has 4 rings (SSSR count). The number of likely N-dealkylation sites (N-methyl/N-ethyl adjacent to an activating group) is 1. The van der Waals surface area contributed by atoms with Gasteiger partial charge < -0.3 is 4.90 Å². The second-order valence-corrected chi connectivity index (χ2v) is 7.29. The first-order valence-corrected chi connectivity index (χ1v) is 9.60. The van der Waals surface area contributed by atoms with Crippen LogP contribution >= 0.6 is 11.6 Å². The van der Waals surface area contributed by atoms with Crippen LogP contribution in [0.4, 0.5) is 11.4 Å². The van der Waals surface area contributed by atoms with Crippen molar-refractivity contribution in [2.75, 3.05) is 16.8 Å². The minimum absolute atomic E-state index is 0.324. The van der Waals surface area contributed by atoms with Crippen LogP contribution in [0.25, 0.3) is 5.57 Å². The Morgan fingerprint density at radius 3 is 2.07 bits per heavy atom. The maximum absolute atomic E-state index is 13.5. The lowest BCUT2D eigenvalue weighted by molar-refractivity contribution is -0.120. The van der Waals surface area contributed by atoms with E-state index in [-0.39, 0.29) is 5.91 Å². The van der Waals surface area contributed by atoms with E-state index in [9.17, 15) is 9.59 Å². The van der Waals surface area contributed by atoms with Gasteiger partial charge in [0, 0.05) is 12.7 Å². The van der Waals surface area contributed by atoms with Gasteiger partial charge in [0.05, 0.1) is 16.3 Å². The summed E-state index contributed by atoms with van der Waals surface area (Å²) in [6.07, 6.45) is 0. The van der Waals surface area contributed by atoms with Gasteiger partial charge in [0.2, 0.25) is 0 Å². The highest BCUT2D eigenvalue weighted by atomic mass is 35.5. The van der Waals surface area contributed by atoms with Gasteiger partial charge in [0.1, 0.15) is 5.70 Å². The topological polar surface area (TPSA) is 40.6 Å². The number of carbonyl (C=O) groups excluding carboxylic acids is 2. The molecule has 0 bridgehead atoms. The van der Waals surface area contributed by atoms with Crippen LogP contribution in [-0.4, -0.2) is 18.9 Å². The predicted molar refractivity (Wildman–Crippen MR) is 117 cm³/mol. The molecule has 2 amide bonds. The first-order valence-electron chi connectivity index (χ1n) is 9.22. The molecule has 3 aromatic carbocycles. The van der Waals surface area contributed by atoms with Crippen molar-refractivity contribution in [3.05, 3.63) is 101 Å². The average Bonchev–Trinajstić information content (AvgIpc) is 2.99. The molecule has 5 heteroatoms. The number of carbonyl (C=O) groups is 2. The quantitative estimate of drug-likeness (QED) is 0.572. The first-order chi connectivity index (χ1) is 14.0. The van der Waals surface area contributed by atoms with Gasteiger partial charge in [-0.3, -0.25) is 9.59 Å². The van der Waals surface area contributed by atoms with Gasteiger partial charge in [-0.15, -0.1) is 0 Å². The summed E-state index contributed by atoms with van der Waals surface area (Å²) in [5.41, 5.74) is 3.65. The molecule has 1 heterocycles. The first kappa shape index (κ1) is 19.0. The SMILES string of the molecule is Cc1ccc(C2=C(N(C)c3ccccc3)C(=O)N(c3ccccc3Cl)C2=O)cc1. The van der Waals surface area contributed by atoms with Gasteiger partial charge >= 0.3 is 0 Å². The highest BCUT2D eigenvalue weighted by Gasteiger charge is 2.42. The third-order valence-electron chi connectivity index (χ3n) is 4.97. The van der Waals surface area contributed by atoms with Crippen molar-refractivity contribution in [2.45, 2.75) is 6.92 Å². The lowest BCUT2D eigenvalue weighted by atomic mass is 10.0. The van der Waals surface area contributed by atoms with Crippen LogP contribution < -0.4 is 9.80 Å². The number of para-hydroxylation sites is 2. The minimum Gasteiger partial charge on any atom is -0.339 e. The molecule has 0 radical (unpaired) electrons. The molecule has 3 aromatic rings. The van der Waals surface area contributed by atoms with Gasteiger partial charge in [0.25, 0.3) is 11.8 Å². The molecular formula is C24H19ClN2O2. The van der Waals surface area contributed by atoms with Crippen LogP contribution in [0.1, 0.15) is 11.1 Å². The molecule has 0 unspecified atom stereocenters. The minimum atomic E-state index is -0.398. The van der Waals surface area contributed by atoms with E-state index in [1.807, 2.05) is 61.5 Å². The van der Waals surface area contributed by atoms with Crippen molar-refractivity contribution < 1.29 is 9.59 Å². The summed E-state index contributed by atoms with van der Waals surface area (Å²) in [4.78, 5) is 29.9. The summed E-state index contributed by atoms with van der Waals surface area (Å²) < 4.78 is 0. The number of hydrogen-bond donors (Lipinski definition) is 0. The van der Waals surface area contributed by atoms with E-state index < -0.39 is 5.91 Å². The number of anilines is 2. The Bertz CT molecular complexity index is 1120. The number of hydrogen-bond acceptors (Lipinski definition) is 3. The van der Waals surface area contributed by atoms with Crippen LogP contribution in [0.3, 0.4) is 0 Å². The van der Waals surface area contributed by atoms with Crippen molar-refractivity contribution in [3.63, 3.8) is 0 Å². The third kappa shape index (κ3) is 3.32. The number of benzene rings is 3. The standard InChI is InChI=1S/C24H19ClN2O2/c1-16-12-14-17(15-13-16)21-22(26(2)18-8-4-3-5-9-18)24(29)27(23(21)28)20-11-7-6-10-19(20)25/h3-15H,1-2H3. The van der Waals surface area contributed by atoms with Crippen LogP contribution in [0, 0.1) is 6.92 Å². The average molecular weight is 403 g/mol. The van der Waals surface area contributed by atoms with Crippen molar-refractivity contribution in [1.29, 1.82) is 0 Å². The fourth-order valence-electron chi connectivity index (χ4n) is 3.44. The maximum atomic E-state index is 13.5. The van der Waals surface area contributed by atoms with E-state index in [1.165, 1.54) is 0 Å². The summed E-state index contributed by atoms with van der Waals surface area (Å²) in [7, 11) is 1.79. The number of imide groups is 1. The van der Waals surface area contributed by atoms with Gasteiger partial charge in [0.15, 0.2) is 0 Å². The second kappa shape index (κ2) is 7.57. The molecule has 1 aliphatic heterocycles. The van der Waals surface area contributed by atoms with Gasteiger partial charge in [-0.05, 0) is 36.8 Å². The van der Waals surface area contributed by atoms with Crippen molar-refractivity contribution in [3.8, 4) is 0 Å². The molecule has 0 saturated carbocycles. The fraction of sp³-hybridized carbons (Fsp3) is 0.0833. The van der Waals surface area contributed by atoms with E-state index in [2.05, 4.69) is 0 Å². The number of rotatable bonds is 4. The van der Waals surface area contributed by atoms with Gasteiger partial charge in [-0.2, -0.15) is 0 Å².